The minimum Gasteiger partial charge on any atom is -0.335 e. The predicted molar refractivity (Wildman–Crippen MR) is 93.6 cm³/mol. The van der Waals surface area contributed by atoms with Crippen LogP contribution in [-0.4, -0.2) is 49.8 Å². The lowest BCUT2D eigenvalue weighted by Gasteiger charge is -2.32. The van der Waals surface area contributed by atoms with Gasteiger partial charge in [-0.3, -0.25) is 9.88 Å². The van der Waals surface area contributed by atoms with Gasteiger partial charge in [-0.2, -0.15) is 0 Å². The van der Waals surface area contributed by atoms with Gasteiger partial charge in [0.15, 0.2) is 5.82 Å². The van der Waals surface area contributed by atoms with Gasteiger partial charge in [0, 0.05) is 38.9 Å². The molecule has 2 N–H and O–H groups in total. The summed E-state index contributed by atoms with van der Waals surface area (Å²) in [5, 5.41) is 13.9. The number of hydrogen-bond donors (Lipinski definition) is 2. The maximum absolute atomic E-state index is 12.2. The summed E-state index contributed by atoms with van der Waals surface area (Å²) in [5.74, 6) is 0.736. The quantitative estimate of drug-likeness (QED) is 0.853. The van der Waals surface area contributed by atoms with Crippen LogP contribution >= 0.6 is 0 Å². The number of aromatic nitrogens is 4. The molecule has 1 aliphatic rings. The second kappa shape index (κ2) is 8.06. The Labute approximate surface area is 147 Å². The van der Waals surface area contributed by atoms with Gasteiger partial charge in [0.25, 0.3) is 0 Å². The zero-order valence-electron chi connectivity index (χ0n) is 14.7. The number of pyridine rings is 1. The molecule has 134 valence electrons. The molecule has 8 nitrogen and oxygen atoms in total. The molecule has 1 saturated heterocycles. The predicted octanol–water partition coefficient (Wildman–Crippen LogP) is 1.23. The number of rotatable bonds is 5. The van der Waals surface area contributed by atoms with Crippen molar-refractivity contribution in [3.63, 3.8) is 0 Å². The summed E-state index contributed by atoms with van der Waals surface area (Å²) >= 11 is 0. The minimum absolute atomic E-state index is 0.154. The van der Waals surface area contributed by atoms with Crippen LogP contribution in [0.4, 0.5) is 4.79 Å². The Morgan fingerprint density at radius 3 is 2.80 bits per heavy atom. The van der Waals surface area contributed by atoms with Crippen molar-refractivity contribution in [3.8, 4) is 0 Å². The third-order valence-electron chi connectivity index (χ3n) is 4.52. The minimum atomic E-state index is -0.184. The molecular weight excluding hydrogens is 318 g/mol. The van der Waals surface area contributed by atoms with Crippen molar-refractivity contribution in [2.75, 3.05) is 13.1 Å². The first-order chi connectivity index (χ1) is 12.1. The second-order valence-corrected chi connectivity index (χ2v) is 6.51. The number of amides is 2. The van der Waals surface area contributed by atoms with E-state index < -0.39 is 0 Å². The van der Waals surface area contributed by atoms with E-state index in [1.807, 2.05) is 38.4 Å². The molecule has 0 aromatic carbocycles. The summed E-state index contributed by atoms with van der Waals surface area (Å²) < 4.78 is 1.81. The Hall–Kier alpha value is -2.48. The van der Waals surface area contributed by atoms with Crippen LogP contribution in [0.2, 0.25) is 0 Å². The van der Waals surface area contributed by atoms with Gasteiger partial charge in [0.05, 0.1) is 11.7 Å². The Kier molecular flexibility index (Phi) is 5.60. The van der Waals surface area contributed by atoms with Crippen molar-refractivity contribution in [2.24, 2.45) is 7.05 Å². The molecule has 3 heterocycles. The molecule has 1 atom stereocenters. The van der Waals surface area contributed by atoms with Crippen LogP contribution in [0, 0.1) is 0 Å². The molecule has 0 spiro atoms. The molecule has 0 bridgehead atoms. The highest BCUT2D eigenvalue weighted by Gasteiger charge is 2.22. The van der Waals surface area contributed by atoms with Gasteiger partial charge in [-0.05, 0) is 31.9 Å². The Morgan fingerprint density at radius 2 is 2.16 bits per heavy atom. The van der Waals surface area contributed by atoms with E-state index in [1.165, 1.54) is 0 Å². The molecule has 0 unspecified atom stereocenters. The summed E-state index contributed by atoms with van der Waals surface area (Å²) in [5.41, 5.74) is 1.09. The number of nitrogens with zero attached hydrogens (tertiary/aromatic N) is 5. The van der Waals surface area contributed by atoms with Gasteiger partial charge in [-0.15, -0.1) is 10.2 Å². The van der Waals surface area contributed by atoms with Gasteiger partial charge in [-0.1, -0.05) is 6.07 Å². The molecule has 8 heteroatoms. The topological polar surface area (TPSA) is 88.0 Å². The van der Waals surface area contributed by atoms with E-state index in [9.17, 15) is 4.79 Å². The molecule has 3 rings (SSSR count). The van der Waals surface area contributed by atoms with E-state index in [2.05, 4.69) is 30.7 Å². The van der Waals surface area contributed by atoms with Gasteiger partial charge in [-0.25, -0.2) is 4.79 Å². The van der Waals surface area contributed by atoms with E-state index in [1.54, 1.807) is 10.9 Å². The smallest absolute Gasteiger partial charge is 0.315 e. The molecule has 0 radical (unpaired) electrons. The van der Waals surface area contributed by atoms with Gasteiger partial charge >= 0.3 is 6.03 Å². The van der Waals surface area contributed by atoms with Crippen molar-refractivity contribution in [3.05, 3.63) is 42.2 Å². The van der Waals surface area contributed by atoms with Crippen molar-refractivity contribution in [2.45, 2.75) is 38.4 Å². The molecule has 0 saturated carbocycles. The summed E-state index contributed by atoms with van der Waals surface area (Å²) in [6, 6.07) is 5.85. The first kappa shape index (κ1) is 17.3. The average Bonchev–Trinajstić information content (AvgIpc) is 3.04. The number of carbonyl (C=O) groups is 1. The highest BCUT2D eigenvalue weighted by atomic mass is 16.2. The van der Waals surface area contributed by atoms with Crippen molar-refractivity contribution in [1.29, 1.82) is 0 Å². The van der Waals surface area contributed by atoms with E-state index in [4.69, 9.17) is 0 Å². The average molecular weight is 343 g/mol. The molecule has 2 amide bonds. The van der Waals surface area contributed by atoms with Crippen LogP contribution in [0.15, 0.2) is 30.7 Å². The van der Waals surface area contributed by atoms with Crippen molar-refractivity contribution in [1.82, 2.24) is 35.3 Å². The number of piperidine rings is 1. The van der Waals surface area contributed by atoms with Crippen LogP contribution in [-0.2, 0) is 13.6 Å². The summed E-state index contributed by atoms with van der Waals surface area (Å²) in [6.45, 7) is 4.68. The Bertz CT molecular complexity index is 679. The monoisotopic (exact) mass is 343 g/mol. The van der Waals surface area contributed by atoms with E-state index in [-0.39, 0.29) is 18.1 Å². The summed E-state index contributed by atoms with van der Waals surface area (Å²) in [7, 11) is 1.86. The largest absolute Gasteiger partial charge is 0.335 e. The zero-order chi connectivity index (χ0) is 17.6. The fraction of sp³-hybridized carbons (Fsp3) is 0.529. The Morgan fingerprint density at radius 1 is 1.36 bits per heavy atom. The number of urea groups is 1. The summed E-state index contributed by atoms with van der Waals surface area (Å²) in [6.07, 6.45) is 5.34. The fourth-order valence-corrected chi connectivity index (χ4v) is 3.13. The van der Waals surface area contributed by atoms with Gasteiger partial charge in [0.1, 0.15) is 6.33 Å². The number of likely N-dealkylation sites (tertiary alicyclic amines) is 1. The molecule has 2 aromatic heterocycles. The van der Waals surface area contributed by atoms with Crippen molar-refractivity contribution < 1.29 is 4.79 Å². The lowest BCUT2D eigenvalue weighted by Crippen LogP contribution is -2.48. The molecule has 0 aliphatic carbocycles. The number of nitrogens with one attached hydrogen (secondary N) is 2. The lowest BCUT2D eigenvalue weighted by atomic mass is 10.1. The first-order valence-corrected chi connectivity index (χ1v) is 8.65. The van der Waals surface area contributed by atoms with Crippen molar-refractivity contribution >= 4 is 6.03 Å². The SMILES string of the molecule is C[C@@H](NC(=O)NC1CCN(Cc2ccccn2)CC1)c1nncn1C. The fourth-order valence-electron chi connectivity index (χ4n) is 3.13. The third-order valence-corrected chi connectivity index (χ3v) is 4.52. The molecule has 25 heavy (non-hydrogen) atoms. The van der Waals surface area contributed by atoms with Gasteiger partial charge in [0.2, 0.25) is 0 Å². The number of hydrogen-bond acceptors (Lipinski definition) is 5. The van der Waals surface area contributed by atoms with Gasteiger partial charge < -0.3 is 15.2 Å². The normalized spacial score (nSPS) is 17.2. The standard InChI is InChI=1S/C17H25N7O/c1-13(16-22-19-12-23(16)2)20-17(25)21-14-6-9-24(10-7-14)11-15-5-3-4-8-18-15/h3-5,8,12-14H,6-7,9-11H2,1-2H3,(H2,20,21,25)/t13-/m1/s1. The maximum Gasteiger partial charge on any atom is 0.315 e. The van der Waals surface area contributed by atoms with E-state index in [0.717, 1.165) is 44.0 Å². The number of aryl methyl sites for hydroxylation is 1. The second-order valence-electron chi connectivity index (χ2n) is 6.51. The van der Waals surface area contributed by atoms with Crippen LogP contribution in [0.1, 0.15) is 37.3 Å². The Balaban J connectivity index is 1.41. The lowest BCUT2D eigenvalue weighted by molar-refractivity contribution is 0.184. The number of carbonyl (C=O) groups excluding carboxylic acids is 1. The maximum atomic E-state index is 12.2. The van der Waals surface area contributed by atoms with Crippen LogP contribution in [0.25, 0.3) is 0 Å². The summed E-state index contributed by atoms with van der Waals surface area (Å²) in [4.78, 5) is 18.9. The highest BCUT2D eigenvalue weighted by molar-refractivity contribution is 5.74. The zero-order valence-corrected chi connectivity index (χ0v) is 14.7. The molecule has 2 aromatic rings. The first-order valence-electron chi connectivity index (χ1n) is 8.65. The third kappa shape index (κ3) is 4.76. The van der Waals surface area contributed by atoms with E-state index in [0.29, 0.717) is 0 Å². The van der Waals surface area contributed by atoms with Crippen LogP contribution in [0.3, 0.4) is 0 Å². The molecule has 1 fully saturated rings. The molecular formula is C17H25N7O. The van der Waals surface area contributed by atoms with Crippen LogP contribution < -0.4 is 10.6 Å². The highest BCUT2D eigenvalue weighted by Crippen LogP contribution is 2.13. The molecule has 1 aliphatic heterocycles. The van der Waals surface area contributed by atoms with Crippen LogP contribution in [0.5, 0.6) is 0 Å². The van der Waals surface area contributed by atoms with E-state index >= 15 is 0 Å².